The predicted molar refractivity (Wildman–Crippen MR) is 200 cm³/mol. The Labute approximate surface area is 294 Å². The number of nitrogens with one attached hydrogen (secondary N) is 2. The molecule has 270 valence electrons. The first kappa shape index (κ1) is 41.4. The number of rotatable bonds is 31. The minimum atomic E-state index is 0.00736. The van der Waals surface area contributed by atoms with Crippen molar-refractivity contribution in [1.29, 1.82) is 0 Å². The molecule has 2 heterocycles. The molecule has 0 spiro atoms. The summed E-state index contributed by atoms with van der Waals surface area (Å²) in [6.07, 6.45) is 38.7. The maximum absolute atomic E-state index is 12.7. The van der Waals surface area contributed by atoms with Gasteiger partial charge in [0.1, 0.15) is 24.2 Å². The van der Waals surface area contributed by atoms with Crippen LogP contribution >= 0.6 is 0 Å². The molecule has 0 radical (unpaired) electrons. The molecule has 0 atom stereocenters. The topological polar surface area (TPSA) is 66.0 Å². The van der Waals surface area contributed by atoms with Crippen molar-refractivity contribution in [3.05, 3.63) is 60.2 Å². The third kappa shape index (κ3) is 21.3. The van der Waals surface area contributed by atoms with Crippen LogP contribution in [0.1, 0.15) is 189 Å². The number of hydrogen-bond donors (Lipinski definition) is 2. The molecule has 0 aliphatic heterocycles. The fourth-order valence-electron chi connectivity index (χ4n) is 6.37. The number of unbranched alkanes of at least 4 members (excludes halogenated alkanes) is 21. The average molecular weight is 665 g/mol. The second-order valence-electron chi connectivity index (χ2n) is 14.0. The van der Waals surface area contributed by atoms with Gasteiger partial charge in [0.15, 0.2) is 24.8 Å². The standard InChI is InChI=1S/C42H70N4O2/c1-3-5-7-9-11-13-15-17-21-25-33-45-35-27-29-39(37-45)41(47)43-31-23-19-20-24-32-44-42(48)40-30-28-36-46(38-40)34-26-22-18-16-14-12-10-8-6-4-2/h27-30,35-38H,3-26,31-34H2,1-2H3/p+2. The van der Waals surface area contributed by atoms with Gasteiger partial charge in [-0.05, 0) is 37.8 Å². The molecule has 0 saturated heterocycles. The van der Waals surface area contributed by atoms with Gasteiger partial charge in [0, 0.05) is 38.1 Å². The van der Waals surface area contributed by atoms with E-state index in [2.05, 4.69) is 46.0 Å². The first-order valence-electron chi connectivity index (χ1n) is 20.2. The highest BCUT2D eigenvalue weighted by Crippen LogP contribution is 2.12. The van der Waals surface area contributed by atoms with Crippen LogP contribution < -0.4 is 19.8 Å². The Morgan fingerprint density at radius 3 is 1.12 bits per heavy atom. The SMILES string of the molecule is CCCCCCCCCCCC[n+]1cccc(C(=O)NCCCCCCNC(=O)c2ccc[n+](CCCCCCCCCCCC)c2)c1. The van der Waals surface area contributed by atoms with Crippen LogP contribution in [0.25, 0.3) is 0 Å². The molecule has 2 aromatic rings. The monoisotopic (exact) mass is 665 g/mol. The summed E-state index contributed by atoms with van der Waals surface area (Å²) in [5.74, 6) is 0.0147. The molecule has 48 heavy (non-hydrogen) atoms. The number of nitrogens with zero attached hydrogens (tertiary/aromatic N) is 2. The Morgan fingerprint density at radius 1 is 0.458 bits per heavy atom. The highest BCUT2D eigenvalue weighted by molar-refractivity contribution is 5.94. The molecule has 0 unspecified atom stereocenters. The Kier molecular flexibility index (Phi) is 25.2. The van der Waals surface area contributed by atoms with Gasteiger partial charge in [0.2, 0.25) is 0 Å². The molecule has 0 saturated carbocycles. The van der Waals surface area contributed by atoms with E-state index in [-0.39, 0.29) is 11.8 Å². The van der Waals surface area contributed by atoms with Crippen LogP contribution in [-0.4, -0.2) is 24.9 Å². The van der Waals surface area contributed by atoms with Crippen molar-refractivity contribution in [2.75, 3.05) is 13.1 Å². The number of amides is 2. The maximum Gasteiger partial charge on any atom is 0.257 e. The number of hydrogen-bond acceptors (Lipinski definition) is 2. The Hall–Kier alpha value is -2.76. The van der Waals surface area contributed by atoms with Crippen LogP contribution in [0.5, 0.6) is 0 Å². The van der Waals surface area contributed by atoms with Gasteiger partial charge < -0.3 is 10.6 Å². The minimum absolute atomic E-state index is 0.00736. The molecule has 2 rings (SSSR count). The summed E-state index contributed by atoms with van der Waals surface area (Å²) in [5.41, 5.74) is 1.47. The lowest BCUT2D eigenvalue weighted by atomic mass is 10.1. The maximum atomic E-state index is 12.7. The molecular formula is C42H72N4O2+2. The summed E-state index contributed by atoms with van der Waals surface area (Å²) in [5, 5.41) is 6.16. The minimum Gasteiger partial charge on any atom is -0.352 e. The van der Waals surface area contributed by atoms with Crippen molar-refractivity contribution in [2.24, 2.45) is 0 Å². The van der Waals surface area contributed by atoms with Crippen LogP contribution in [0.15, 0.2) is 49.1 Å². The highest BCUT2D eigenvalue weighted by Gasteiger charge is 2.11. The number of pyridine rings is 2. The van der Waals surface area contributed by atoms with Crippen molar-refractivity contribution in [3.63, 3.8) is 0 Å². The molecular weight excluding hydrogens is 592 g/mol. The van der Waals surface area contributed by atoms with E-state index in [1.807, 2.05) is 36.7 Å². The van der Waals surface area contributed by atoms with Gasteiger partial charge in [-0.2, -0.15) is 0 Å². The summed E-state index contributed by atoms with van der Waals surface area (Å²) in [6, 6.07) is 7.76. The van der Waals surface area contributed by atoms with Gasteiger partial charge in [-0.1, -0.05) is 129 Å². The van der Waals surface area contributed by atoms with E-state index in [9.17, 15) is 9.59 Å². The van der Waals surface area contributed by atoms with Crippen molar-refractivity contribution in [1.82, 2.24) is 10.6 Å². The van der Waals surface area contributed by atoms with Crippen LogP contribution in [-0.2, 0) is 13.1 Å². The molecule has 0 bridgehead atoms. The summed E-state index contributed by atoms with van der Waals surface area (Å²) >= 11 is 0. The van der Waals surface area contributed by atoms with Gasteiger partial charge in [-0.3, -0.25) is 9.59 Å². The van der Waals surface area contributed by atoms with Gasteiger partial charge in [-0.25, -0.2) is 9.13 Å². The van der Waals surface area contributed by atoms with E-state index in [1.165, 1.54) is 116 Å². The molecule has 2 amide bonds. The fourth-order valence-corrected chi connectivity index (χ4v) is 6.37. The Morgan fingerprint density at radius 2 is 0.771 bits per heavy atom. The zero-order valence-corrected chi connectivity index (χ0v) is 31.1. The largest absolute Gasteiger partial charge is 0.352 e. The second kappa shape index (κ2) is 29.2. The molecule has 2 aromatic heterocycles. The molecule has 0 fully saturated rings. The van der Waals surface area contributed by atoms with E-state index in [1.54, 1.807) is 0 Å². The zero-order chi connectivity index (χ0) is 34.3. The van der Waals surface area contributed by atoms with Gasteiger partial charge in [0.05, 0.1) is 0 Å². The number of carbonyl (C=O) groups is 2. The lowest BCUT2D eigenvalue weighted by Gasteiger charge is -2.07. The second-order valence-corrected chi connectivity index (χ2v) is 14.0. The van der Waals surface area contributed by atoms with E-state index < -0.39 is 0 Å². The molecule has 6 nitrogen and oxygen atoms in total. The van der Waals surface area contributed by atoms with Crippen molar-refractivity contribution < 1.29 is 18.7 Å². The highest BCUT2D eigenvalue weighted by atomic mass is 16.2. The zero-order valence-electron chi connectivity index (χ0n) is 31.1. The third-order valence-corrected chi connectivity index (χ3v) is 9.46. The van der Waals surface area contributed by atoms with Gasteiger partial charge in [0.25, 0.3) is 11.8 Å². The van der Waals surface area contributed by atoms with E-state index in [4.69, 9.17) is 0 Å². The summed E-state index contributed by atoms with van der Waals surface area (Å²) in [6.45, 7) is 7.85. The van der Waals surface area contributed by atoms with Crippen LogP contribution in [0, 0.1) is 0 Å². The fraction of sp³-hybridized carbons (Fsp3) is 0.714. The smallest absolute Gasteiger partial charge is 0.257 e. The summed E-state index contributed by atoms with van der Waals surface area (Å²) in [7, 11) is 0. The lowest BCUT2D eigenvalue weighted by Crippen LogP contribution is -2.35. The van der Waals surface area contributed by atoms with E-state index in [0.717, 1.165) is 62.7 Å². The van der Waals surface area contributed by atoms with Gasteiger partial charge in [-0.15, -0.1) is 0 Å². The van der Waals surface area contributed by atoms with Crippen molar-refractivity contribution in [2.45, 2.75) is 181 Å². The first-order valence-corrected chi connectivity index (χ1v) is 20.2. The van der Waals surface area contributed by atoms with Crippen molar-refractivity contribution >= 4 is 11.8 Å². The van der Waals surface area contributed by atoms with Crippen LogP contribution in [0.2, 0.25) is 0 Å². The third-order valence-electron chi connectivity index (χ3n) is 9.46. The van der Waals surface area contributed by atoms with Crippen LogP contribution in [0.3, 0.4) is 0 Å². The number of aryl methyl sites for hydroxylation is 2. The quantitative estimate of drug-likeness (QED) is 0.0623. The van der Waals surface area contributed by atoms with Crippen LogP contribution in [0.4, 0.5) is 0 Å². The number of aromatic nitrogens is 2. The lowest BCUT2D eigenvalue weighted by molar-refractivity contribution is -0.697. The van der Waals surface area contributed by atoms with E-state index in [0.29, 0.717) is 13.1 Å². The summed E-state index contributed by atoms with van der Waals surface area (Å²) in [4.78, 5) is 25.4. The Bertz CT molecular complexity index is 1000. The van der Waals surface area contributed by atoms with Crippen molar-refractivity contribution in [3.8, 4) is 0 Å². The average Bonchev–Trinajstić information content (AvgIpc) is 3.11. The predicted octanol–water partition coefficient (Wildman–Crippen LogP) is 9.82. The molecule has 6 heteroatoms. The van der Waals surface area contributed by atoms with Gasteiger partial charge >= 0.3 is 0 Å². The van der Waals surface area contributed by atoms with E-state index >= 15 is 0 Å². The first-order chi connectivity index (χ1) is 23.6. The molecule has 0 aliphatic rings. The molecule has 0 aromatic carbocycles. The summed E-state index contributed by atoms with van der Waals surface area (Å²) < 4.78 is 4.31. The molecule has 2 N–H and O–H groups in total. The normalized spacial score (nSPS) is 11.1. The Balaban J connectivity index is 1.48. The molecule has 0 aliphatic carbocycles. The number of carbonyl (C=O) groups excluding carboxylic acids is 2.